The molecule has 152 valence electrons. The predicted octanol–water partition coefficient (Wildman–Crippen LogP) is 4.02. The van der Waals surface area contributed by atoms with Crippen LogP contribution in [0.4, 0.5) is 10.8 Å². The van der Waals surface area contributed by atoms with Crippen molar-refractivity contribution in [1.29, 1.82) is 0 Å². The van der Waals surface area contributed by atoms with Gasteiger partial charge in [0.05, 0.1) is 18.7 Å². The van der Waals surface area contributed by atoms with Crippen LogP contribution in [-0.2, 0) is 17.6 Å². The summed E-state index contributed by atoms with van der Waals surface area (Å²) in [5, 5.41) is 3.41. The number of carbonyl (C=O) groups excluding carboxylic acids is 2. The third kappa shape index (κ3) is 3.25. The Morgan fingerprint density at radius 3 is 2.73 bits per heavy atom. The summed E-state index contributed by atoms with van der Waals surface area (Å²) < 4.78 is 5.13. The zero-order chi connectivity index (χ0) is 20.7. The van der Waals surface area contributed by atoms with Crippen LogP contribution < -0.4 is 15.0 Å². The molecule has 0 spiro atoms. The summed E-state index contributed by atoms with van der Waals surface area (Å²) in [4.78, 5) is 33.4. The topological polar surface area (TPSA) is 71.5 Å². The van der Waals surface area contributed by atoms with E-state index >= 15 is 0 Å². The summed E-state index contributed by atoms with van der Waals surface area (Å²) in [6, 6.07) is 15.0. The number of nitrogens with zero attached hydrogens (tertiary/aromatic N) is 2. The molecule has 2 amide bonds. The summed E-state index contributed by atoms with van der Waals surface area (Å²) in [6.07, 6.45) is 2.48. The first-order valence-electron chi connectivity index (χ1n) is 9.98. The first-order chi connectivity index (χ1) is 14.6. The molecule has 0 unspecified atom stereocenters. The summed E-state index contributed by atoms with van der Waals surface area (Å²) >= 11 is 1.46. The SMILES string of the molecule is COc1ccc(C(=O)Nc2nc3c(s2)CC[C@@H]3C(=O)N2CCc3ccccc32)cc1. The van der Waals surface area contributed by atoms with Gasteiger partial charge in [0.15, 0.2) is 5.13 Å². The third-order valence-corrected chi connectivity index (χ3v) is 6.79. The number of benzene rings is 2. The molecule has 5 rings (SSSR count). The van der Waals surface area contributed by atoms with Gasteiger partial charge in [-0.2, -0.15) is 0 Å². The first-order valence-corrected chi connectivity index (χ1v) is 10.8. The van der Waals surface area contributed by atoms with Crippen LogP contribution in [0.5, 0.6) is 5.75 Å². The van der Waals surface area contributed by atoms with Crippen molar-refractivity contribution in [2.75, 3.05) is 23.9 Å². The molecule has 0 fully saturated rings. The lowest BCUT2D eigenvalue weighted by Crippen LogP contribution is -2.33. The van der Waals surface area contributed by atoms with Crippen LogP contribution in [0.3, 0.4) is 0 Å². The van der Waals surface area contributed by atoms with Gasteiger partial charge in [-0.15, -0.1) is 11.3 Å². The number of para-hydroxylation sites is 1. The molecule has 7 heteroatoms. The monoisotopic (exact) mass is 419 g/mol. The van der Waals surface area contributed by atoms with Crippen LogP contribution in [0.2, 0.25) is 0 Å². The number of carbonyl (C=O) groups is 2. The molecule has 30 heavy (non-hydrogen) atoms. The van der Waals surface area contributed by atoms with Crippen LogP contribution in [0.25, 0.3) is 0 Å². The highest BCUT2D eigenvalue weighted by atomic mass is 32.1. The smallest absolute Gasteiger partial charge is 0.257 e. The molecule has 1 aliphatic carbocycles. The molecular formula is C23H21N3O3S. The molecule has 1 atom stereocenters. The molecule has 0 bridgehead atoms. The zero-order valence-corrected chi connectivity index (χ0v) is 17.4. The van der Waals surface area contributed by atoms with E-state index in [1.165, 1.54) is 16.9 Å². The van der Waals surface area contributed by atoms with Crippen molar-refractivity contribution in [3.8, 4) is 5.75 Å². The van der Waals surface area contributed by atoms with Gasteiger partial charge in [-0.1, -0.05) is 18.2 Å². The number of fused-ring (bicyclic) bond motifs is 2. The van der Waals surface area contributed by atoms with Crippen LogP contribution >= 0.6 is 11.3 Å². The molecule has 1 N–H and O–H groups in total. The largest absolute Gasteiger partial charge is 0.497 e. The number of hydrogen-bond acceptors (Lipinski definition) is 5. The molecule has 0 radical (unpaired) electrons. The second-order valence-corrected chi connectivity index (χ2v) is 8.55. The minimum absolute atomic E-state index is 0.108. The second kappa shape index (κ2) is 7.57. The molecule has 0 saturated carbocycles. The van der Waals surface area contributed by atoms with Crippen LogP contribution in [0.15, 0.2) is 48.5 Å². The molecule has 2 aliphatic rings. The predicted molar refractivity (Wildman–Crippen MR) is 117 cm³/mol. The number of rotatable bonds is 4. The van der Waals surface area contributed by atoms with E-state index in [1.54, 1.807) is 31.4 Å². The fraction of sp³-hybridized carbons (Fsp3) is 0.261. The maximum absolute atomic E-state index is 13.3. The number of ether oxygens (including phenoxy) is 1. The van der Waals surface area contributed by atoms with E-state index in [0.29, 0.717) is 16.4 Å². The molecule has 1 aliphatic heterocycles. The van der Waals surface area contributed by atoms with Crippen molar-refractivity contribution in [1.82, 2.24) is 4.98 Å². The van der Waals surface area contributed by atoms with Gasteiger partial charge in [0.25, 0.3) is 5.91 Å². The number of anilines is 2. The maximum Gasteiger partial charge on any atom is 0.257 e. The lowest BCUT2D eigenvalue weighted by molar-refractivity contribution is -0.120. The van der Waals surface area contributed by atoms with Crippen LogP contribution in [0.1, 0.15) is 38.8 Å². The minimum atomic E-state index is -0.242. The molecular weight excluding hydrogens is 398 g/mol. The van der Waals surface area contributed by atoms with Crippen molar-refractivity contribution in [3.63, 3.8) is 0 Å². The van der Waals surface area contributed by atoms with Crippen molar-refractivity contribution < 1.29 is 14.3 Å². The van der Waals surface area contributed by atoms with Gasteiger partial charge in [-0.05, 0) is 55.2 Å². The summed E-state index contributed by atoms with van der Waals surface area (Å²) in [7, 11) is 1.59. The molecule has 2 aromatic carbocycles. The molecule has 1 aromatic heterocycles. The van der Waals surface area contributed by atoms with Crippen molar-refractivity contribution >= 4 is 34.0 Å². The second-order valence-electron chi connectivity index (χ2n) is 7.47. The number of methoxy groups -OCH3 is 1. The quantitative estimate of drug-likeness (QED) is 0.693. The molecule has 6 nitrogen and oxygen atoms in total. The number of aryl methyl sites for hydroxylation is 1. The highest BCUT2D eigenvalue weighted by Crippen LogP contribution is 2.41. The Morgan fingerprint density at radius 2 is 1.93 bits per heavy atom. The van der Waals surface area contributed by atoms with E-state index in [1.807, 2.05) is 23.1 Å². The fourth-order valence-electron chi connectivity index (χ4n) is 4.19. The van der Waals surface area contributed by atoms with Crippen LogP contribution in [0, 0.1) is 0 Å². The Kier molecular flexibility index (Phi) is 4.75. The van der Waals surface area contributed by atoms with E-state index < -0.39 is 0 Å². The van der Waals surface area contributed by atoms with Crippen molar-refractivity contribution in [2.24, 2.45) is 0 Å². The fourth-order valence-corrected chi connectivity index (χ4v) is 5.22. The van der Waals surface area contributed by atoms with Gasteiger partial charge in [0.1, 0.15) is 5.75 Å². The summed E-state index contributed by atoms with van der Waals surface area (Å²) in [5.74, 6) is 0.345. The average molecular weight is 420 g/mol. The van der Waals surface area contributed by atoms with E-state index in [2.05, 4.69) is 16.4 Å². The van der Waals surface area contributed by atoms with Crippen LogP contribution in [-0.4, -0.2) is 30.5 Å². The lowest BCUT2D eigenvalue weighted by Gasteiger charge is -2.21. The number of aromatic nitrogens is 1. The molecule has 3 aromatic rings. The van der Waals surface area contributed by atoms with Gasteiger partial charge < -0.3 is 9.64 Å². The Morgan fingerprint density at radius 1 is 1.13 bits per heavy atom. The van der Waals surface area contributed by atoms with E-state index in [4.69, 9.17) is 4.74 Å². The molecule has 2 heterocycles. The Hall–Kier alpha value is -3.19. The van der Waals surface area contributed by atoms with Gasteiger partial charge in [-0.25, -0.2) is 4.98 Å². The highest BCUT2D eigenvalue weighted by Gasteiger charge is 2.37. The summed E-state index contributed by atoms with van der Waals surface area (Å²) in [5.41, 5.74) is 3.58. The van der Waals surface area contributed by atoms with Crippen molar-refractivity contribution in [3.05, 3.63) is 70.2 Å². The Balaban J connectivity index is 1.33. The normalized spacial score (nSPS) is 16.8. The Bertz CT molecular complexity index is 1120. The Labute approximate surface area is 178 Å². The van der Waals surface area contributed by atoms with Gasteiger partial charge >= 0.3 is 0 Å². The highest BCUT2D eigenvalue weighted by molar-refractivity contribution is 7.16. The lowest BCUT2D eigenvalue weighted by atomic mass is 10.1. The number of thiazole rings is 1. The average Bonchev–Trinajstić information content (AvgIpc) is 3.47. The minimum Gasteiger partial charge on any atom is -0.497 e. The zero-order valence-electron chi connectivity index (χ0n) is 16.6. The van der Waals surface area contributed by atoms with Crippen molar-refractivity contribution in [2.45, 2.75) is 25.2 Å². The third-order valence-electron chi connectivity index (χ3n) is 5.74. The van der Waals surface area contributed by atoms with E-state index in [9.17, 15) is 9.59 Å². The van der Waals surface area contributed by atoms with E-state index in [-0.39, 0.29) is 17.7 Å². The van der Waals surface area contributed by atoms with Gasteiger partial charge in [0, 0.05) is 22.7 Å². The maximum atomic E-state index is 13.3. The molecule has 0 saturated heterocycles. The van der Waals surface area contributed by atoms with E-state index in [0.717, 1.165) is 42.1 Å². The standard InChI is InChI=1S/C23H21N3O3S/c1-29-16-8-6-15(7-9-16)21(27)25-23-24-20-17(10-11-19(20)30-23)22(28)26-13-12-14-4-2-3-5-18(14)26/h2-9,17H,10-13H2,1H3,(H,24,25,27)/t17-/m0/s1. The van der Waals surface area contributed by atoms with Gasteiger partial charge in [-0.3, -0.25) is 14.9 Å². The summed E-state index contributed by atoms with van der Waals surface area (Å²) in [6.45, 7) is 0.717. The number of hydrogen-bond donors (Lipinski definition) is 1. The first kappa shape index (κ1) is 18.8. The number of nitrogens with one attached hydrogen (secondary N) is 1. The van der Waals surface area contributed by atoms with Gasteiger partial charge in [0.2, 0.25) is 5.91 Å². The number of amides is 2.